The van der Waals surface area contributed by atoms with Crippen molar-refractivity contribution in [1.29, 1.82) is 0 Å². The van der Waals surface area contributed by atoms with E-state index in [1.54, 1.807) is 0 Å². The third kappa shape index (κ3) is 40.6. The van der Waals surface area contributed by atoms with Crippen LogP contribution in [0.25, 0.3) is 0 Å². The first-order valence-electron chi connectivity index (χ1n) is 24.2. The maximum absolute atomic E-state index is 12.2. The van der Waals surface area contributed by atoms with Gasteiger partial charge in [0.25, 0.3) is 0 Å². The Morgan fingerprint density at radius 3 is 0.865 bits per heavy atom. The van der Waals surface area contributed by atoms with Gasteiger partial charge in [-0.05, 0) is 12.8 Å². The smallest absolute Gasteiger partial charge is 0.220 e. The average molecular weight is 736 g/mol. The van der Waals surface area contributed by atoms with Gasteiger partial charge in [-0.25, -0.2) is 0 Å². The van der Waals surface area contributed by atoms with Crippen molar-refractivity contribution >= 4 is 5.91 Å². The van der Waals surface area contributed by atoms with Crippen LogP contribution in [0.3, 0.4) is 0 Å². The third-order valence-electron chi connectivity index (χ3n) is 11.6. The summed E-state index contributed by atoms with van der Waals surface area (Å²) in [5.74, 6) is -0.0371. The predicted molar refractivity (Wildman–Crippen MR) is 230 cm³/mol. The normalized spacial score (nSPS) is 12.8. The summed E-state index contributed by atoms with van der Waals surface area (Å²) < 4.78 is 0. The van der Waals surface area contributed by atoms with E-state index in [-0.39, 0.29) is 12.5 Å². The molecule has 0 saturated heterocycles. The van der Waals surface area contributed by atoms with Crippen molar-refractivity contribution in [1.82, 2.24) is 5.32 Å². The summed E-state index contributed by atoms with van der Waals surface area (Å²) in [6.07, 6.45) is 55.9. The topological polar surface area (TPSA) is 69.6 Å². The zero-order chi connectivity index (χ0) is 37.8. The Labute approximate surface area is 327 Å². The lowest BCUT2D eigenvalue weighted by Crippen LogP contribution is -2.45. The molecule has 0 aliphatic heterocycles. The third-order valence-corrected chi connectivity index (χ3v) is 11.6. The average Bonchev–Trinajstić information content (AvgIpc) is 3.15. The molecular formula is C48H97NO3. The van der Waals surface area contributed by atoms with Gasteiger partial charge in [-0.15, -0.1) is 0 Å². The minimum absolute atomic E-state index is 0.0371. The van der Waals surface area contributed by atoms with E-state index in [1.165, 1.54) is 225 Å². The fraction of sp³-hybridized carbons (Fsp3) is 0.979. The van der Waals surface area contributed by atoms with Crippen molar-refractivity contribution in [3.63, 3.8) is 0 Å². The minimum atomic E-state index is -0.650. The molecule has 0 bridgehead atoms. The molecule has 2 unspecified atom stereocenters. The monoisotopic (exact) mass is 736 g/mol. The number of carbonyl (C=O) groups excluding carboxylic acids is 1. The van der Waals surface area contributed by atoms with Crippen molar-refractivity contribution < 1.29 is 15.0 Å². The molecule has 0 spiro atoms. The fourth-order valence-corrected chi connectivity index (χ4v) is 7.89. The lowest BCUT2D eigenvalue weighted by Gasteiger charge is -2.22. The maximum atomic E-state index is 12.2. The Bertz CT molecular complexity index is 670. The first-order valence-corrected chi connectivity index (χ1v) is 24.2. The molecule has 0 aliphatic rings. The number of carbonyl (C=O) groups is 1. The molecule has 0 radical (unpaired) electrons. The van der Waals surface area contributed by atoms with E-state index < -0.39 is 12.1 Å². The van der Waals surface area contributed by atoms with Gasteiger partial charge in [-0.1, -0.05) is 264 Å². The SMILES string of the molecule is CCCCCCCCCCCCCCCCCCCCCCCCCCCCCCCCCCCCCCCC(=O)NC(CO)C(O)CCCCC. The van der Waals surface area contributed by atoms with Gasteiger partial charge in [0.1, 0.15) is 0 Å². The number of hydrogen-bond donors (Lipinski definition) is 3. The van der Waals surface area contributed by atoms with Gasteiger partial charge in [0.05, 0.1) is 18.8 Å². The van der Waals surface area contributed by atoms with Crippen LogP contribution in [0.2, 0.25) is 0 Å². The van der Waals surface area contributed by atoms with E-state index in [0.29, 0.717) is 12.8 Å². The van der Waals surface area contributed by atoms with Crippen molar-refractivity contribution in [3.05, 3.63) is 0 Å². The van der Waals surface area contributed by atoms with E-state index in [4.69, 9.17) is 0 Å². The van der Waals surface area contributed by atoms with E-state index >= 15 is 0 Å². The van der Waals surface area contributed by atoms with E-state index in [9.17, 15) is 15.0 Å². The Morgan fingerprint density at radius 1 is 0.385 bits per heavy atom. The van der Waals surface area contributed by atoms with Gasteiger partial charge in [0.2, 0.25) is 5.91 Å². The molecule has 4 heteroatoms. The highest BCUT2D eigenvalue weighted by Gasteiger charge is 2.19. The van der Waals surface area contributed by atoms with Crippen molar-refractivity contribution in [3.8, 4) is 0 Å². The van der Waals surface area contributed by atoms with Crippen LogP contribution in [0.1, 0.15) is 284 Å². The summed E-state index contributed by atoms with van der Waals surface area (Å²) in [7, 11) is 0. The van der Waals surface area contributed by atoms with Crippen LogP contribution in [0.4, 0.5) is 0 Å². The molecule has 312 valence electrons. The molecule has 0 saturated carbocycles. The van der Waals surface area contributed by atoms with Crippen LogP contribution in [-0.4, -0.2) is 34.9 Å². The molecule has 3 N–H and O–H groups in total. The molecule has 2 atom stereocenters. The van der Waals surface area contributed by atoms with E-state index in [1.807, 2.05) is 0 Å². The highest BCUT2D eigenvalue weighted by atomic mass is 16.3. The Balaban J connectivity index is 3.21. The first-order chi connectivity index (χ1) is 25.7. The molecule has 0 aliphatic carbocycles. The number of aliphatic hydroxyl groups excluding tert-OH is 2. The van der Waals surface area contributed by atoms with Gasteiger partial charge in [0, 0.05) is 6.42 Å². The Kier molecular flexibility index (Phi) is 44.3. The highest BCUT2D eigenvalue weighted by molar-refractivity contribution is 5.76. The highest BCUT2D eigenvalue weighted by Crippen LogP contribution is 2.18. The lowest BCUT2D eigenvalue weighted by atomic mass is 10.0. The fourth-order valence-electron chi connectivity index (χ4n) is 7.89. The van der Waals surface area contributed by atoms with Gasteiger partial charge in [0.15, 0.2) is 0 Å². The van der Waals surface area contributed by atoms with E-state index in [2.05, 4.69) is 19.2 Å². The molecule has 52 heavy (non-hydrogen) atoms. The summed E-state index contributed by atoms with van der Waals surface area (Å²) in [6, 6.07) is -0.526. The number of aliphatic hydroxyl groups is 2. The van der Waals surface area contributed by atoms with Gasteiger partial charge < -0.3 is 15.5 Å². The van der Waals surface area contributed by atoms with Crippen molar-refractivity contribution in [2.45, 2.75) is 296 Å². The number of unbranched alkanes of at least 4 members (excludes halogenated alkanes) is 38. The maximum Gasteiger partial charge on any atom is 0.220 e. The Hall–Kier alpha value is -0.610. The standard InChI is InChI=1S/C48H97NO3/c1-3-5-7-8-9-10-11-12-13-14-15-16-17-18-19-20-21-22-23-24-25-26-27-28-29-30-31-32-33-34-35-36-37-38-39-40-42-44-48(52)49-46(45-50)47(51)43-41-6-4-2/h46-47,50-51H,3-45H2,1-2H3,(H,49,52). The second kappa shape index (κ2) is 44.8. The zero-order valence-electron chi connectivity index (χ0n) is 35.9. The quantitative estimate of drug-likeness (QED) is 0.0545. The molecule has 0 rings (SSSR count). The predicted octanol–water partition coefficient (Wildman–Crippen LogP) is 15.2. The number of hydrogen-bond acceptors (Lipinski definition) is 3. The van der Waals surface area contributed by atoms with Crippen LogP contribution in [0.5, 0.6) is 0 Å². The van der Waals surface area contributed by atoms with Gasteiger partial charge in [-0.3, -0.25) is 4.79 Å². The largest absolute Gasteiger partial charge is 0.394 e. The second-order valence-electron chi connectivity index (χ2n) is 16.9. The molecule has 0 aromatic carbocycles. The molecule has 1 amide bonds. The van der Waals surface area contributed by atoms with Crippen molar-refractivity contribution in [2.24, 2.45) is 0 Å². The summed E-state index contributed by atoms with van der Waals surface area (Å²) in [5.41, 5.74) is 0. The van der Waals surface area contributed by atoms with Crippen LogP contribution in [0, 0.1) is 0 Å². The molecular weight excluding hydrogens is 639 g/mol. The molecule has 0 aromatic heterocycles. The molecule has 4 nitrogen and oxygen atoms in total. The number of nitrogens with one attached hydrogen (secondary N) is 1. The van der Waals surface area contributed by atoms with Gasteiger partial charge in [-0.2, -0.15) is 0 Å². The summed E-state index contributed by atoms with van der Waals surface area (Å²) in [4.78, 5) is 12.2. The molecule has 0 aromatic rings. The van der Waals surface area contributed by atoms with Crippen LogP contribution in [-0.2, 0) is 4.79 Å². The molecule has 0 fully saturated rings. The summed E-state index contributed by atoms with van der Waals surface area (Å²) in [6.45, 7) is 4.24. The lowest BCUT2D eigenvalue weighted by molar-refractivity contribution is -0.123. The first kappa shape index (κ1) is 51.4. The summed E-state index contributed by atoms with van der Waals surface area (Å²) >= 11 is 0. The Morgan fingerprint density at radius 2 is 0.615 bits per heavy atom. The van der Waals surface area contributed by atoms with Crippen LogP contribution >= 0.6 is 0 Å². The van der Waals surface area contributed by atoms with Crippen LogP contribution < -0.4 is 5.32 Å². The zero-order valence-corrected chi connectivity index (χ0v) is 35.9. The van der Waals surface area contributed by atoms with Crippen molar-refractivity contribution in [2.75, 3.05) is 6.61 Å². The summed E-state index contributed by atoms with van der Waals surface area (Å²) in [5, 5.41) is 22.6. The van der Waals surface area contributed by atoms with E-state index in [0.717, 1.165) is 32.1 Å². The second-order valence-corrected chi connectivity index (χ2v) is 16.9. The number of amides is 1. The number of rotatable bonds is 45. The molecule has 0 heterocycles. The van der Waals surface area contributed by atoms with Gasteiger partial charge >= 0.3 is 0 Å². The van der Waals surface area contributed by atoms with Crippen LogP contribution in [0.15, 0.2) is 0 Å². The minimum Gasteiger partial charge on any atom is -0.394 e.